The van der Waals surface area contributed by atoms with Gasteiger partial charge in [0.2, 0.25) is 5.91 Å². The summed E-state index contributed by atoms with van der Waals surface area (Å²) in [6.07, 6.45) is 0.428. The number of carboxylic acid groups (broad SMARTS) is 1. The third kappa shape index (κ3) is 8.61. The first-order valence-electron chi connectivity index (χ1n) is 8.01. The zero-order valence-corrected chi connectivity index (χ0v) is 13.9. The number of benzene rings is 1. The molecule has 0 radical (unpaired) electrons. The van der Waals surface area contributed by atoms with Crippen LogP contribution in [0.4, 0.5) is 0 Å². The van der Waals surface area contributed by atoms with Gasteiger partial charge in [0.25, 0.3) is 0 Å². The molecular formula is C17H26N2O5. The zero-order chi connectivity index (χ0) is 17.8. The molecule has 0 aliphatic heterocycles. The maximum absolute atomic E-state index is 12.0. The quantitative estimate of drug-likeness (QED) is 0.405. The van der Waals surface area contributed by atoms with E-state index in [4.69, 9.17) is 9.84 Å². The Labute approximate surface area is 142 Å². The van der Waals surface area contributed by atoms with Crippen molar-refractivity contribution >= 4 is 11.9 Å². The van der Waals surface area contributed by atoms with Crippen LogP contribution in [0.3, 0.4) is 0 Å². The van der Waals surface area contributed by atoms with E-state index in [1.165, 1.54) is 0 Å². The number of nitrogens with one attached hydrogen (secondary N) is 2. The van der Waals surface area contributed by atoms with Gasteiger partial charge in [0.05, 0.1) is 19.8 Å². The number of aliphatic hydroxyl groups excluding tert-OH is 1. The van der Waals surface area contributed by atoms with Crippen LogP contribution in [0.2, 0.25) is 0 Å². The number of aliphatic carboxylic acids is 1. The molecule has 24 heavy (non-hydrogen) atoms. The molecule has 0 spiro atoms. The molecule has 4 N–H and O–H groups in total. The van der Waals surface area contributed by atoms with Gasteiger partial charge in [-0.2, -0.15) is 0 Å². The van der Waals surface area contributed by atoms with Crippen LogP contribution in [-0.2, 0) is 20.7 Å². The molecule has 0 aromatic heterocycles. The molecule has 0 heterocycles. The SMILES string of the molecule is CC(CC(=O)N[C@@H](Cc1ccccc1)C(=O)O)NCCOCCO. The molecule has 1 amide bonds. The van der Waals surface area contributed by atoms with E-state index in [-0.39, 0.29) is 38.0 Å². The van der Waals surface area contributed by atoms with E-state index in [2.05, 4.69) is 10.6 Å². The van der Waals surface area contributed by atoms with Gasteiger partial charge in [-0.1, -0.05) is 30.3 Å². The highest BCUT2D eigenvalue weighted by molar-refractivity contribution is 5.84. The van der Waals surface area contributed by atoms with Crippen molar-refractivity contribution in [1.29, 1.82) is 0 Å². The minimum Gasteiger partial charge on any atom is -0.480 e. The van der Waals surface area contributed by atoms with Crippen LogP contribution in [0.5, 0.6) is 0 Å². The van der Waals surface area contributed by atoms with Gasteiger partial charge in [-0.15, -0.1) is 0 Å². The average molecular weight is 338 g/mol. The van der Waals surface area contributed by atoms with E-state index in [9.17, 15) is 14.7 Å². The van der Waals surface area contributed by atoms with Crippen LogP contribution in [0.15, 0.2) is 30.3 Å². The van der Waals surface area contributed by atoms with Gasteiger partial charge < -0.3 is 25.6 Å². The molecule has 0 bridgehead atoms. The second-order valence-electron chi connectivity index (χ2n) is 5.54. The van der Waals surface area contributed by atoms with E-state index in [1.807, 2.05) is 37.3 Å². The summed E-state index contributed by atoms with van der Waals surface area (Å²) < 4.78 is 5.11. The standard InChI is InChI=1S/C17H26N2O5/c1-13(18-7-9-24-10-8-20)11-16(21)19-15(17(22)23)12-14-5-3-2-4-6-14/h2-6,13,15,18,20H,7-12H2,1H3,(H,19,21)(H,22,23)/t13?,15-/m0/s1. The van der Waals surface area contributed by atoms with Crippen molar-refractivity contribution in [3.8, 4) is 0 Å². The minimum atomic E-state index is -1.05. The Kier molecular flexibility index (Phi) is 9.67. The molecule has 134 valence electrons. The number of ether oxygens (including phenoxy) is 1. The van der Waals surface area contributed by atoms with E-state index in [0.29, 0.717) is 13.2 Å². The Bertz CT molecular complexity index is 495. The summed E-state index contributed by atoms with van der Waals surface area (Å²) in [5.41, 5.74) is 0.859. The third-order valence-electron chi connectivity index (χ3n) is 3.38. The lowest BCUT2D eigenvalue weighted by molar-refractivity contribution is -0.141. The number of rotatable bonds is 12. The van der Waals surface area contributed by atoms with Crippen molar-refractivity contribution in [1.82, 2.24) is 10.6 Å². The molecule has 1 unspecified atom stereocenters. The molecule has 0 aliphatic carbocycles. The van der Waals surface area contributed by atoms with Gasteiger partial charge in [0, 0.05) is 25.4 Å². The normalized spacial score (nSPS) is 13.2. The predicted octanol–water partition coefficient (Wildman–Crippen LogP) is 0.176. The summed E-state index contributed by atoms with van der Waals surface area (Å²) in [5.74, 6) is -1.36. The Morgan fingerprint density at radius 3 is 2.54 bits per heavy atom. The number of aliphatic hydroxyl groups is 1. The van der Waals surface area contributed by atoms with E-state index in [0.717, 1.165) is 5.56 Å². The number of hydrogen-bond donors (Lipinski definition) is 4. The molecular weight excluding hydrogens is 312 g/mol. The third-order valence-corrected chi connectivity index (χ3v) is 3.38. The van der Waals surface area contributed by atoms with Gasteiger partial charge in [0.1, 0.15) is 6.04 Å². The molecule has 0 saturated carbocycles. The number of carbonyl (C=O) groups is 2. The van der Waals surface area contributed by atoms with Crippen LogP contribution >= 0.6 is 0 Å². The Balaban J connectivity index is 2.35. The highest BCUT2D eigenvalue weighted by Crippen LogP contribution is 2.04. The summed E-state index contributed by atoms with van der Waals surface area (Å²) in [6, 6.07) is 8.14. The van der Waals surface area contributed by atoms with Gasteiger partial charge in [-0.25, -0.2) is 4.79 Å². The van der Waals surface area contributed by atoms with E-state index >= 15 is 0 Å². The van der Waals surface area contributed by atoms with Crippen LogP contribution in [0, 0.1) is 0 Å². The Morgan fingerprint density at radius 2 is 1.92 bits per heavy atom. The maximum atomic E-state index is 12.0. The Hall–Kier alpha value is -1.96. The molecule has 0 saturated heterocycles. The van der Waals surface area contributed by atoms with Crippen molar-refractivity contribution in [2.45, 2.75) is 31.8 Å². The number of amides is 1. The van der Waals surface area contributed by atoms with Crippen LogP contribution in [0.1, 0.15) is 18.9 Å². The van der Waals surface area contributed by atoms with Crippen molar-refractivity contribution in [3.63, 3.8) is 0 Å². The number of carboxylic acids is 1. The van der Waals surface area contributed by atoms with Crippen molar-refractivity contribution in [2.24, 2.45) is 0 Å². The molecule has 7 heteroatoms. The first kappa shape index (κ1) is 20.1. The van der Waals surface area contributed by atoms with Gasteiger partial charge in [0.15, 0.2) is 0 Å². The Morgan fingerprint density at radius 1 is 1.21 bits per heavy atom. The van der Waals surface area contributed by atoms with E-state index < -0.39 is 12.0 Å². The predicted molar refractivity (Wildman–Crippen MR) is 89.7 cm³/mol. The van der Waals surface area contributed by atoms with Crippen LogP contribution in [-0.4, -0.2) is 60.5 Å². The van der Waals surface area contributed by atoms with Gasteiger partial charge >= 0.3 is 5.97 Å². The fourth-order valence-corrected chi connectivity index (χ4v) is 2.20. The summed E-state index contributed by atoms with van der Waals surface area (Å²) in [4.78, 5) is 23.3. The fraction of sp³-hybridized carbons (Fsp3) is 0.529. The van der Waals surface area contributed by atoms with Gasteiger partial charge in [-0.3, -0.25) is 4.79 Å². The fourth-order valence-electron chi connectivity index (χ4n) is 2.20. The second-order valence-corrected chi connectivity index (χ2v) is 5.54. The first-order chi connectivity index (χ1) is 11.5. The first-order valence-corrected chi connectivity index (χ1v) is 8.01. The molecule has 0 fully saturated rings. The summed E-state index contributed by atoms with van der Waals surface area (Å²) in [5, 5.41) is 23.5. The molecule has 0 aliphatic rings. The molecule has 7 nitrogen and oxygen atoms in total. The summed E-state index contributed by atoms with van der Waals surface area (Å²) in [6.45, 7) is 3.12. The minimum absolute atomic E-state index is 0.0179. The average Bonchev–Trinajstić information content (AvgIpc) is 2.54. The van der Waals surface area contributed by atoms with Crippen molar-refractivity contribution in [3.05, 3.63) is 35.9 Å². The van der Waals surface area contributed by atoms with Crippen LogP contribution in [0.25, 0.3) is 0 Å². The molecule has 2 atom stereocenters. The number of carbonyl (C=O) groups excluding carboxylic acids is 1. The highest BCUT2D eigenvalue weighted by atomic mass is 16.5. The maximum Gasteiger partial charge on any atom is 0.326 e. The topological polar surface area (TPSA) is 108 Å². The smallest absolute Gasteiger partial charge is 0.326 e. The van der Waals surface area contributed by atoms with Crippen molar-refractivity contribution in [2.75, 3.05) is 26.4 Å². The summed E-state index contributed by atoms with van der Waals surface area (Å²) >= 11 is 0. The van der Waals surface area contributed by atoms with Gasteiger partial charge in [-0.05, 0) is 12.5 Å². The largest absolute Gasteiger partial charge is 0.480 e. The lowest BCUT2D eigenvalue weighted by Crippen LogP contribution is -2.44. The molecule has 1 aromatic carbocycles. The second kappa shape index (κ2) is 11.6. The van der Waals surface area contributed by atoms with Crippen molar-refractivity contribution < 1.29 is 24.5 Å². The molecule has 1 aromatic rings. The summed E-state index contributed by atoms with van der Waals surface area (Å²) in [7, 11) is 0. The molecule has 1 rings (SSSR count). The lowest BCUT2D eigenvalue weighted by atomic mass is 10.1. The highest BCUT2D eigenvalue weighted by Gasteiger charge is 2.21. The monoisotopic (exact) mass is 338 g/mol. The number of hydrogen-bond acceptors (Lipinski definition) is 5. The zero-order valence-electron chi connectivity index (χ0n) is 13.9. The lowest BCUT2D eigenvalue weighted by Gasteiger charge is -2.17. The van der Waals surface area contributed by atoms with E-state index in [1.54, 1.807) is 0 Å². The van der Waals surface area contributed by atoms with Crippen LogP contribution < -0.4 is 10.6 Å².